The summed E-state index contributed by atoms with van der Waals surface area (Å²) in [6.07, 6.45) is -9.21. The standard InChI is InChI=1S/C21H14ClF6N9/c22-15-31-16(29-9-11-1-5-13(6-2-11)18(34-35-18)20(23,24)25)33-17(32-15)30-10-12-3-7-14(8-4-12)19(36-37-19)21(26,27)28/h1-8H,9-10H2,(H2,29,30,31,32,33). The molecule has 3 heterocycles. The molecule has 2 aliphatic rings. The van der Waals surface area contributed by atoms with Crippen LogP contribution in [0.3, 0.4) is 0 Å². The van der Waals surface area contributed by atoms with Crippen LogP contribution in [0, 0.1) is 0 Å². The first kappa shape index (κ1) is 24.8. The van der Waals surface area contributed by atoms with Crippen molar-refractivity contribution in [1.82, 2.24) is 15.0 Å². The quantitative estimate of drug-likeness (QED) is 0.334. The van der Waals surface area contributed by atoms with Crippen LogP contribution in [0.2, 0.25) is 5.28 Å². The molecule has 5 rings (SSSR count). The molecule has 2 aliphatic heterocycles. The second-order valence-electron chi connectivity index (χ2n) is 8.09. The maximum Gasteiger partial charge on any atom is 0.442 e. The fourth-order valence-corrected chi connectivity index (χ4v) is 3.63. The molecule has 0 unspecified atom stereocenters. The van der Waals surface area contributed by atoms with Gasteiger partial charge in [0.25, 0.3) is 0 Å². The lowest BCUT2D eigenvalue weighted by atomic mass is 10.0. The molecule has 0 bridgehead atoms. The maximum absolute atomic E-state index is 13.1. The number of benzene rings is 2. The van der Waals surface area contributed by atoms with Gasteiger partial charge in [-0.05, 0) is 22.7 Å². The van der Waals surface area contributed by atoms with Crippen LogP contribution in [0.1, 0.15) is 22.3 Å². The molecule has 0 amide bonds. The smallest absolute Gasteiger partial charge is 0.350 e. The average Bonchev–Trinajstić information content (AvgIpc) is 3.74. The van der Waals surface area contributed by atoms with Crippen molar-refractivity contribution in [2.24, 2.45) is 20.5 Å². The Bertz CT molecular complexity index is 1260. The molecule has 1 aromatic heterocycles. The van der Waals surface area contributed by atoms with Crippen molar-refractivity contribution in [2.75, 3.05) is 10.6 Å². The number of alkyl halides is 6. The van der Waals surface area contributed by atoms with E-state index in [-0.39, 0.29) is 41.4 Å². The van der Waals surface area contributed by atoms with E-state index in [1.54, 1.807) is 0 Å². The van der Waals surface area contributed by atoms with E-state index in [0.717, 1.165) is 0 Å². The zero-order chi connectivity index (χ0) is 26.5. The van der Waals surface area contributed by atoms with Gasteiger partial charge in [-0.25, -0.2) is 0 Å². The summed E-state index contributed by atoms with van der Waals surface area (Å²) in [4.78, 5) is 12.1. The fourth-order valence-electron chi connectivity index (χ4n) is 3.47. The Labute approximate surface area is 209 Å². The van der Waals surface area contributed by atoms with Crippen LogP contribution < -0.4 is 10.6 Å². The molecule has 0 atom stereocenters. The number of hydrogen-bond donors (Lipinski definition) is 2. The molecule has 0 saturated carbocycles. The minimum atomic E-state index is -4.60. The summed E-state index contributed by atoms with van der Waals surface area (Å²) < 4.78 is 78.7. The van der Waals surface area contributed by atoms with E-state index in [1.165, 1.54) is 48.5 Å². The molecule has 3 aromatic rings. The molecule has 2 aromatic carbocycles. The monoisotopic (exact) mass is 541 g/mol. The first-order chi connectivity index (χ1) is 17.4. The van der Waals surface area contributed by atoms with Crippen molar-refractivity contribution < 1.29 is 26.3 Å². The van der Waals surface area contributed by atoms with Crippen LogP contribution in [0.25, 0.3) is 0 Å². The normalized spacial score (nSPS) is 16.9. The van der Waals surface area contributed by atoms with E-state index in [2.05, 4.69) is 46.0 Å². The summed E-state index contributed by atoms with van der Waals surface area (Å²) in [6.45, 7) is 0.345. The minimum absolute atomic E-state index is 0.0824. The topological polar surface area (TPSA) is 112 Å². The zero-order valence-corrected chi connectivity index (χ0v) is 19.1. The number of aromatic nitrogens is 3. The molecule has 0 saturated heterocycles. The third-order valence-electron chi connectivity index (χ3n) is 5.61. The van der Waals surface area contributed by atoms with E-state index < -0.39 is 23.7 Å². The fraction of sp³-hybridized carbons (Fsp3) is 0.286. The lowest BCUT2D eigenvalue weighted by Crippen LogP contribution is -2.30. The Morgan fingerprint density at radius 3 is 1.24 bits per heavy atom. The van der Waals surface area contributed by atoms with Gasteiger partial charge in [0.05, 0.1) is 0 Å². The number of anilines is 2. The first-order valence-electron chi connectivity index (χ1n) is 10.5. The van der Waals surface area contributed by atoms with Crippen molar-refractivity contribution in [1.29, 1.82) is 0 Å². The summed E-state index contributed by atoms with van der Waals surface area (Å²) in [6, 6.07) is 11.2. The predicted octanol–water partition coefficient (Wildman–Crippen LogP) is 6.11. The van der Waals surface area contributed by atoms with Crippen molar-refractivity contribution in [2.45, 2.75) is 36.8 Å². The van der Waals surface area contributed by atoms with Gasteiger partial charge < -0.3 is 10.6 Å². The molecule has 0 aliphatic carbocycles. The highest BCUT2D eigenvalue weighted by atomic mass is 35.5. The Balaban J connectivity index is 1.19. The highest BCUT2D eigenvalue weighted by Crippen LogP contribution is 2.53. The Kier molecular flexibility index (Phi) is 5.77. The van der Waals surface area contributed by atoms with Crippen molar-refractivity contribution in [3.05, 3.63) is 76.1 Å². The minimum Gasteiger partial charge on any atom is -0.350 e. The molecular weight excluding hydrogens is 528 g/mol. The highest BCUT2D eigenvalue weighted by Gasteiger charge is 2.65. The SMILES string of the molecule is FC(F)(F)C1(c2ccc(CNc3nc(Cl)nc(NCc4ccc(C5(C(F)(F)F)N=N5)cc4)n3)cc2)N=N1. The maximum atomic E-state index is 13.1. The van der Waals surface area contributed by atoms with Crippen molar-refractivity contribution >= 4 is 23.5 Å². The van der Waals surface area contributed by atoms with Crippen LogP contribution in [0.15, 0.2) is 69.0 Å². The molecule has 0 radical (unpaired) electrons. The third kappa shape index (κ3) is 4.77. The lowest BCUT2D eigenvalue weighted by Gasteiger charge is -2.15. The summed E-state index contributed by atoms with van der Waals surface area (Å²) >= 11 is 5.96. The molecular formula is C21H14ClF6N9. The van der Waals surface area contributed by atoms with Gasteiger partial charge in [-0.3, -0.25) is 0 Å². The summed E-state index contributed by atoms with van der Waals surface area (Å²) in [5, 5.41) is 18.4. The summed E-state index contributed by atoms with van der Waals surface area (Å²) in [5.74, 6) is 0.204. The molecule has 0 spiro atoms. The van der Waals surface area contributed by atoms with Gasteiger partial charge in [0.1, 0.15) is 0 Å². The summed E-state index contributed by atoms with van der Waals surface area (Å²) in [7, 11) is 0. The number of halogens is 7. The predicted molar refractivity (Wildman–Crippen MR) is 118 cm³/mol. The molecule has 37 heavy (non-hydrogen) atoms. The van der Waals surface area contributed by atoms with Crippen molar-refractivity contribution in [3.63, 3.8) is 0 Å². The van der Waals surface area contributed by atoms with Crippen LogP contribution in [-0.2, 0) is 24.4 Å². The van der Waals surface area contributed by atoms with E-state index in [0.29, 0.717) is 11.1 Å². The highest BCUT2D eigenvalue weighted by molar-refractivity contribution is 6.28. The first-order valence-corrected chi connectivity index (χ1v) is 10.9. The number of hydrogen-bond acceptors (Lipinski definition) is 9. The molecule has 0 fully saturated rings. The van der Waals surface area contributed by atoms with E-state index in [9.17, 15) is 26.3 Å². The number of nitrogens with one attached hydrogen (secondary N) is 2. The second-order valence-corrected chi connectivity index (χ2v) is 8.43. The second kappa shape index (κ2) is 8.61. The van der Waals surface area contributed by atoms with E-state index in [4.69, 9.17) is 11.6 Å². The van der Waals surface area contributed by atoms with Gasteiger partial charge in [0, 0.05) is 24.2 Å². The molecule has 16 heteroatoms. The van der Waals surface area contributed by atoms with Crippen LogP contribution >= 0.6 is 11.6 Å². The van der Waals surface area contributed by atoms with Gasteiger partial charge in [0.15, 0.2) is 0 Å². The van der Waals surface area contributed by atoms with Gasteiger partial charge in [-0.1, -0.05) is 48.5 Å². The van der Waals surface area contributed by atoms with Gasteiger partial charge in [0.2, 0.25) is 17.2 Å². The van der Waals surface area contributed by atoms with Gasteiger partial charge in [-0.15, -0.1) is 20.5 Å². The van der Waals surface area contributed by atoms with Crippen LogP contribution in [0.4, 0.5) is 38.2 Å². The van der Waals surface area contributed by atoms with Crippen LogP contribution in [-0.4, -0.2) is 27.3 Å². The average molecular weight is 542 g/mol. The van der Waals surface area contributed by atoms with Crippen molar-refractivity contribution in [3.8, 4) is 0 Å². The van der Waals surface area contributed by atoms with E-state index in [1.807, 2.05) is 0 Å². The Morgan fingerprint density at radius 2 is 0.946 bits per heavy atom. The van der Waals surface area contributed by atoms with Gasteiger partial charge >= 0.3 is 23.7 Å². The Hall–Kier alpha value is -3.88. The van der Waals surface area contributed by atoms with E-state index >= 15 is 0 Å². The molecule has 9 nitrogen and oxygen atoms in total. The largest absolute Gasteiger partial charge is 0.442 e. The van der Waals surface area contributed by atoms with Crippen LogP contribution in [0.5, 0.6) is 0 Å². The molecule has 192 valence electrons. The molecule has 2 N–H and O–H groups in total. The lowest BCUT2D eigenvalue weighted by molar-refractivity contribution is -0.166. The van der Waals surface area contributed by atoms with Gasteiger partial charge in [-0.2, -0.15) is 41.3 Å². The zero-order valence-electron chi connectivity index (χ0n) is 18.3. The Morgan fingerprint density at radius 1 is 0.595 bits per heavy atom. The number of nitrogens with zero attached hydrogens (tertiary/aromatic N) is 7. The third-order valence-corrected chi connectivity index (χ3v) is 5.78. The summed E-state index contributed by atoms with van der Waals surface area (Å²) in [5.41, 5.74) is -3.85. The number of rotatable bonds is 8.